The van der Waals surface area contributed by atoms with Crippen molar-refractivity contribution in [3.63, 3.8) is 0 Å². The second kappa shape index (κ2) is 3.34. The first kappa shape index (κ1) is 11.2. The molecule has 0 bridgehead atoms. The summed E-state index contributed by atoms with van der Waals surface area (Å²) in [6, 6.07) is 0. The van der Waals surface area contributed by atoms with E-state index in [1.54, 1.807) is 0 Å². The average molecular weight is 219 g/mol. The van der Waals surface area contributed by atoms with E-state index in [4.69, 9.17) is 0 Å². The van der Waals surface area contributed by atoms with Gasteiger partial charge in [-0.1, -0.05) is 0 Å². The second-order valence-corrected chi connectivity index (χ2v) is 4.67. The number of hydrogen-bond acceptors (Lipinski definition) is 3. The van der Waals surface area contributed by atoms with E-state index < -0.39 is 5.79 Å². The van der Waals surface area contributed by atoms with Crippen LogP contribution in [0.25, 0.3) is 0 Å². The first-order chi connectivity index (χ1) is 7.35. The van der Waals surface area contributed by atoms with Crippen molar-refractivity contribution in [1.82, 2.24) is 0 Å². The lowest BCUT2D eigenvalue weighted by molar-refractivity contribution is -0.625. The monoisotopic (exact) mass is 219 g/mol. The molecule has 2 aliphatic rings. The minimum atomic E-state index is -0.501. The summed E-state index contributed by atoms with van der Waals surface area (Å²) in [7, 11) is 0. The lowest BCUT2D eigenvalue weighted by atomic mass is 10.2. The van der Waals surface area contributed by atoms with Crippen molar-refractivity contribution in [1.29, 1.82) is 0 Å². The molecule has 2 aliphatic heterocycles. The van der Waals surface area contributed by atoms with Crippen LogP contribution in [0.15, 0.2) is 15.0 Å². The molecule has 2 heterocycles. The van der Waals surface area contributed by atoms with E-state index >= 15 is 0 Å². The summed E-state index contributed by atoms with van der Waals surface area (Å²) in [6.45, 7) is 12.3. The first-order valence-electron chi connectivity index (χ1n) is 5.66. The van der Waals surface area contributed by atoms with Gasteiger partial charge in [-0.3, -0.25) is 0 Å². The molecular weight excluding hydrogens is 200 g/mol. The highest BCUT2D eigenvalue weighted by Crippen LogP contribution is 2.25. The van der Waals surface area contributed by atoms with Crippen molar-refractivity contribution in [2.75, 3.05) is 0 Å². The Labute approximate surface area is 96.5 Å². The van der Waals surface area contributed by atoms with Crippen LogP contribution in [-0.4, -0.2) is 39.4 Å². The number of nitrogens with zero attached hydrogens (tertiary/aromatic N) is 4. The molecule has 86 valence electrons. The molecular formula is C12H19N4+. The van der Waals surface area contributed by atoms with Crippen LogP contribution in [0.3, 0.4) is 0 Å². The molecule has 16 heavy (non-hydrogen) atoms. The Morgan fingerprint density at radius 1 is 1.00 bits per heavy atom. The van der Waals surface area contributed by atoms with E-state index in [1.807, 2.05) is 27.7 Å². The molecule has 1 unspecified atom stereocenters. The van der Waals surface area contributed by atoms with Crippen LogP contribution < -0.4 is 0 Å². The van der Waals surface area contributed by atoms with Gasteiger partial charge in [-0.2, -0.15) is 14.6 Å². The Morgan fingerprint density at radius 3 is 1.88 bits per heavy atom. The van der Waals surface area contributed by atoms with Crippen molar-refractivity contribution in [3.05, 3.63) is 0 Å². The predicted molar refractivity (Wildman–Crippen MR) is 68.1 cm³/mol. The van der Waals surface area contributed by atoms with Crippen molar-refractivity contribution in [2.45, 2.75) is 53.5 Å². The van der Waals surface area contributed by atoms with E-state index in [0.29, 0.717) is 0 Å². The van der Waals surface area contributed by atoms with Crippen LogP contribution in [0.1, 0.15) is 41.5 Å². The lowest BCUT2D eigenvalue weighted by Crippen LogP contribution is -2.40. The molecule has 0 aliphatic carbocycles. The standard InChI is InChI=1S/C12H19N4/c1-7-8(2)15-12(6,14-7)16-10(4)9(3)13-11(16)5/h11H,1-6H3/q+1. The molecule has 0 saturated heterocycles. The normalized spacial score (nSPS) is 28.1. The summed E-state index contributed by atoms with van der Waals surface area (Å²) in [5.41, 5.74) is 4.30. The highest BCUT2D eigenvalue weighted by Gasteiger charge is 2.46. The van der Waals surface area contributed by atoms with E-state index in [1.165, 1.54) is 5.71 Å². The summed E-state index contributed by atoms with van der Waals surface area (Å²) < 4.78 is 2.18. The Hall–Kier alpha value is -1.32. The molecule has 0 aromatic carbocycles. The van der Waals surface area contributed by atoms with E-state index in [9.17, 15) is 0 Å². The zero-order valence-corrected chi connectivity index (χ0v) is 10.9. The molecule has 0 radical (unpaired) electrons. The van der Waals surface area contributed by atoms with Crippen LogP contribution in [0.5, 0.6) is 0 Å². The molecule has 0 fully saturated rings. The number of aliphatic imine (C=N–C) groups is 3. The Bertz CT molecular complexity index is 447. The maximum Gasteiger partial charge on any atom is 0.355 e. The van der Waals surface area contributed by atoms with Gasteiger partial charge in [0.05, 0.1) is 11.4 Å². The molecule has 0 saturated carbocycles. The van der Waals surface area contributed by atoms with Gasteiger partial charge in [-0.05, 0) is 20.8 Å². The molecule has 4 nitrogen and oxygen atoms in total. The summed E-state index contributed by atoms with van der Waals surface area (Å²) in [5.74, 6) is -0.501. The highest BCUT2D eigenvalue weighted by molar-refractivity contribution is 6.42. The van der Waals surface area contributed by atoms with E-state index in [0.717, 1.165) is 17.1 Å². The molecule has 2 rings (SSSR count). The van der Waals surface area contributed by atoms with Crippen LogP contribution in [0, 0.1) is 0 Å². The smallest absolute Gasteiger partial charge is 0.216 e. The topological polar surface area (TPSA) is 40.1 Å². The van der Waals surface area contributed by atoms with Crippen LogP contribution >= 0.6 is 0 Å². The summed E-state index contributed by atoms with van der Waals surface area (Å²) in [4.78, 5) is 13.9. The minimum absolute atomic E-state index is 0.121. The molecule has 1 atom stereocenters. The zero-order valence-electron chi connectivity index (χ0n) is 10.9. The number of hydrogen-bond donors (Lipinski definition) is 0. The van der Waals surface area contributed by atoms with Crippen molar-refractivity contribution >= 4 is 22.8 Å². The SMILES string of the molecule is CC1=NC(C)([N+]2=C(C)C(C)=NC2C)N=C1C. The Morgan fingerprint density at radius 2 is 1.50 bits per heavy atom. The van der Waals surface area contributed by atoms with Gasteiger partial charge in [0.25, 0.3) is 0 Å². The van der Waals surface area contributed by atoms with Gasteiger partial charge in [0.15, 0.2) is 5.71 Å². The summed E-state index contributed by atoms with van der Waals surface area (Å²) in [5, 5.41) is 0. The highest BCUT2D eigenvalue weighted by atomic mass is 15.4. The maximum atomic E-state index is 4.66. The molecule has 4 heteroatoms. The molecule has 0 N–H and O–H groups in total. The van der Waals surface area contributed by atoms with Gasteiger partial charge in [-0.15, -0.1) is 0 Å². The van der Waals surface area contributed by atoms with Crippen molar-refractivity contribution in [2.24, 2.45) is 15.0 Å². The predicted octanol–water partition coefficient (Wildman–Crippen LogP) is 1.89. The third-order valence-electron chi connectivity index (χ3n) is 3.38. The lowest BCUT2D eigenvalue weighted by Gasteiger charge is -2.17. The van der Waals surface area contributed by atoms with Gasteiger partial charge in [-0.25, -0.2) is 4.99 Å². The van der Waals surface area contributed by atoms with E-state index in [-0.39, 0.29) is 6.17 Å². The van der Waals surface area contributed by atoms with Crippen LogP contribution in [0.4, 0.5) is 0 Å². The second-order valence-electron chi connectivity index (χ2n) is 4.67. The zero-order chi connectivity index (χ0) is 12.1. The van der Waals surface area contributed by atoms with E-state index in [2.05, 4.69) is 33.4 Å². The third-order valence-corrected chi connectivity index (χ3v) is 3.38. The molecule has 0 aromatic heterocycles. The summed E-state index contributed by atoms with van der Waals surface area (Å²) >= 11 is 0. The fourth-order valence-electron chi connectivity index (χ4n) is 2.49. The van der Waals surface area contributed by atoms with Gasteiger partial charge in [0.1, 0.15) is 5.71 Å². The quantitative estimate of drug-likeness (QED) is 0.604. The fraction of sp³-hybridized carbons (Fsp3) is 0.667. The first-order valence-corrected chi connectivity index (χ1v) is 5.66. The molecule has 0 aromatic rings. The Kier molecular flexibility index (Phi) is 2.33. The van der Waals surface area contributed by atoms with Gasteiger partial charge >= 0.3 is 5.79 Å². The van der Waals surface area contributed by atoms with Gasteiger partial charge < -0.3 is 0 Å². The van der Waals surface area contributed by atoms with Crippen LogP contribution in [0.2, 0.25) is 0 Å². The largest absolute Gasteiger partial charge is 0.355 e. The molecule has 0 spiro atoms. The third kappa shape index (κ3) is 1.44. The minimum Gasteiger partial charge on any atom is -0.216 e. The molecule has 0 amide bonds. The van der Waals surface area contributed by atoms with Crippen molar-refractivity contribution < 1.29 is 4.58 Å². The van der Waals surface area contributed by atoms with Gasteiger partial charge in [0, 0.05) is 20.8 Å². The van der Waals surface area contributed by atoms with Gasteiger partial charge in [0.2, 0.25) is 6.17 Å². The Balaban J connectivity index is 2.50. The average Bonchev–Trinajstić information content (AvgIpc) is 2.53. The summed E-state index contributed by atoms with van der Waals surface area (Å²) in [6.07, 6.45) is 0.121. The number of rotatable bonds is 1. The maximum absolute atomic E-state index is 4.66. The fourth-order valence-corrected chi connectivity index (χ4v) is 2.49. The van der Waals surface area contributed by atoms with Crippen LogP contribution in [-0.2, 0) is 0 Å². The van der Waals surface area contributed by atoms with Crippen molar-refractivity contribution in [3.8, 4) is 0 Å².